The Labute approximate surface area is 151 Å². The van der Waals surface area contributed by atoms with Gasteiger partial charge in [0.15, 0.2) is 16.6 Å². The molecule has 2 atom stereocenters. The van der Waals surface area contributed by atoms with E-state index >= 15 is 0 Å². The second-order valence-electron chi connectivity index (χ2n) is 6.00. The van der Waals surface area contributed by atoms with Gasteiger partial charge in [0, 0.05) is 6.04 Å². The van der Waals surface area contributed by atoms with E-state index in [1.807, 2.05) is 0 Å². The summed E-state index contributed by atoms with van der Waals surface area (Å²) in [6.45, 7) is -0.682. The number of hydrogen-bond acceptors (Lipinski definition) is 4. The molecule has 0 heterocycles. The Hall–Kier alpha value is -1.96. The molecule has 0 saturated heterocycles. The van der Waals surface area contributed by atoms with Gasteiger partial charge >= 0.3 is 6.61 Å². The van der Waals surface area contributed by atoms with Crippen LogP contribution in [0.15, 0.2) is 23.3 Å². The predicted molar refractivity (Wildman–Crippen MR) is 97.5 cm³/mol. The summed E-state index contributed by atoms with van der Waals surface area (Å²) in [6.07, 6.45) is 6.32. The number of ether oxygens (including phenoxy) is 2. The Bertz CT molecular complexity index is 614. The Kier molecular flexibility index (Phi) is 7.36. The molecule has 0 amide bonds. The van der Waals surface area contributed by atoms with E-state index in [1.54, 1.807) is 12.1 Å². The van der Waals surface area contributed by atoms with Gasteiger partial charge in [0.1, 0.15) is 0 Å². The highest BCUT2D eigenvalue weighted by molar-refractivity contribution is 7.80. The van der Waals surface area contributed by atoms with Gasteiger partial charge in [-0.15, -0.1) is 0 Å². The molecular weight excluding hydrogens is 348 g/mol. The molecular formula is C17H23F2N3O2S. The molecule has 0 bridgehead atoms. The van der Waals surface area contributed by atoms with E-state index in [2.05, 4.69) is 27.5 Å². The Morgan fingerprint density at radius 2 is 2.08 bits per heavy atom. The van der Waals surface area contributed by atoms with Crippen LogP contribution in [0.1, 0.15) is 38.2 Å². The van der Waals surface area contributed by atoms with Crippen LogP contribution in [-0.2, 0) is 0 Å². The van der Waals surface area contributed by atoms with E-state index < -0.39 is 6.61 Å². The van der Waals surface area contributed by atoms with E-state index in [-0.39, 0.29) is 11.5 Å². The van der Waals surface area contributed by atoms with Crippen molar-refractivity contribution in [2.75, 3.05) is 7.11 Å². The number of methoxy groups -OCH3 is 1. The number of alkyl halides is 2. The third-order valence-corrected chi connectivity index (χ3v) is 4.42. The minimum absolute atomic E-state index is 0.0221. The molecule has 1 fully saturated rings. The molecule has 5 nitrogen and oxygen atoms in total. The fourth-order valence-electron chi connectivity index (χ4n) is 2.85. The van der Waals surface area contributed by atoms with E-state index in [0.29, 0.717) is 22.6 Å². The van der Waals surface area contributed by atoms with Crippen LogP contribution in [-0.4, -0.2) is 31.1 Å². The van der Waals surface area contributed by atoms with Gasteiger partial charge in [-0.05, 0) is 54.7 Å². The van der Waals surface area contributed by atoms with Crippen LogP contribution in [0.25, 0.3) is 0 Å². The Morgan fingerprint density at radius 3 is 2.76 bits per heavy atom. The molecule has 1 aromatic rings. The van der Waals surface area contributed by atoms with Crippen molar-refractivity contribution < 1.29 is 18.3 Å². The lowest BCUT2D eigenvalue weighted by atomic mass is 9.86. The van der Waals surface area contributed by atoms with E-state index in [1.165, 1.54) is 38.7 Å². The summed E-state index contributed by atoms with van der Waals surface area (Å²) in [4.78, 5) is 0. The van der Waals surface area contributed by atoms with Gasteiger partial charge in [-0.3, -0.25) is 5.43 Å². The van der Waals surface area contributed by atoms with Crippen LogP contribution in [0.4, 0.5) is 8.78 Å². The number of halogens is 2. The first-order chi connectivity index (χ1) is 12.0. The lowest BCUT2D eigenvalue weighted by Crippen LogP contribution is -2.44. The van der Waals surface area contributed by atoms with Gasteiger partial charge in [-0.25, -0.2) is 0 Å². The molecule has 1 aliphatic carbocycles. The zero-order valence-corrected chi connectivity index (χ0v) is 15.1. The molecule has 25 heavy (non-hydrogen) atoms. The minimum atomic E-state index is -2.90. The average molecular weight is 371 g/mol. The zero-order valence-electron chi connectivity index (χ0n) is 14.3. The fourth-order valence-corrected chi connectivity index (χ4v) is 3.06. The number of rotatable bonds is 6. The summed E-state index contributed by atoms with van der Waals surface area (Å²) >= 11 is 5.26. The van der Waals surface area contributed by atoms with Crippen LogP contribution in [0.2, 0.25) is 0 Å². The summed E-state index contributed by atoms with van der Waals surface area (Å²) in [5.74, 6) is 0.774. The Morgan fingerprint density at radius 1 is 1.32 bits per heavy atom. The second kappa shape index (κ2) is 9.50. The highest BCUT2D eigenvalue weighted by Crippen LogP contribution is 2.29. The normalized spacial score (nSPS) is 20.5. The molecule has 0 spiro atoms. The van der Waals surface area contributed by atoms with Crippen molar-refractivity contribution in [1.29, 1.82) is 0 Å². The standard InChI is InChI=1S/C17H23F2N3O2S/c1-11-5-3-4-6-13(11)21-17(25)22-20-10-12-7-8-14(24-16(18)19)15(9-12)23-2/h7-11,13,16H,3-6H2,1-2H3,(H2,21,22,25)/b20-10-/t11-,13+/m0/s1. The number of nitrogens with one attached hydrogen (secondary N) is 2. The molecule has 0 aliphatic heterocycles. The second-order valence-corrected chi connectivity index (χ2v) is 6.41. The average Bonchev–Trinajstić information content (AvgIpc) is 2.57. The molecule has 1 aliphatic rings. The maximum Gasteiger partial charge on any atom is 0.387 e. The molecule has 138 valence electrons. The maximum atomic E-state index is 12.3. The smallest absolute Gasteiger partial charge is 0.387 e. The molecule has 0 unspecified atom stereocenters. The SMILES string of the molecule is COc1cc(/C=N\NC(=S)N[C@@H]2CCCC[C@@H]2C)ccc1OC(F)F. The molecule has 2 rings (SSSR count). The molecule has 0 aromatic heterocycles. The topological polar surface area (TPSA) is 54.9 Å². The summed E-state index contributed by atoms with van der Waals surface area (Å²) in [5, 5.41) is 7.83. The van der Waals surface area contributed by atoms with Crippen molar-refractivity contribution in [3.05, 3.63) is 23.8 Å². The lowest BCUT2D eigenvalue weighted by Gasteiger charge is -2.30. The number of thiocarbonyl (C=S) groups is 1. The van der Waals surface area contributed by atoms with E-state index in [4.69, 9.17) is 17.0 Å². The first-order valence-electron chi connectivity index (χ1n) is 8.22. The lowest BCUT2D eigenvalue weighted by molar-refractivity contribution is -0.0512. The summed E-state index contributed by atoms with van der Waals surface area (Å²) in [5.41, 5.74) is 3.45. The monoisotopic (exact) mass is 371 g/mol. The van der Waals surface area contributed by atoms with Gasteiger partial charge in [0.2, 0.25) is 0 Å². The van der Waals surface area contributed by atoms with Gasteiger partial charge < -0.3 is 14.8 Å². The highest BCUT2D eigenvalue weighted by Gasteiger charge is 2.21. The molecule has 8 heteroatoms. The van der Waals surface area contributed by atoms with Gasteiger partial charge in [-0.1, -0.05) is 19.8 Å². The number of nitrogens with zero attached hydrogens (tertiary/aromatic N) is 1. The quantitative estimate of drug-likeness (QED) is 0.454. The first kappa shape index (κ1) is 19.4. The van der Waals surface area contributed by atoms with Gasteiger partial charge in [0.25, 0.3) is 0 Å². The largest absolute Gasteiger partial charge is 0.493 e. The van der Waals surface area contributed by atoms with Crippen molar-refractivity contribution in [2.45, 2.75) is 45.3 Å². The maximum absolute atomic E-state index is 12.3. The van der Waals surface area contributed by atoms with Crippen molar-refractivity contribution >= 4 is 23.5 Å². The van der Waals surface area contributed by atoms with Crippen LogP contribution >= 0.6 is 12.2 Å². The van der Waals surface area contributed by atoms with E-state index in [0.717, 1.165) is 6.42 Å². The highest BCUT2D eigenvalue weighted by atomic mass is 32.1. The van der Waals surface area contributed by atoms with Gasteiger partial charge in [-0.2, -0.15) is 13.9 Å². The van der Waals surface area contributed by atoms with Gasteiger partial charge in [0.05, 0.1) is 13.3 Å². The summed E-state index contributed by atoms with van der Waals surface area (Å²) < 4.78 is 34.1. The van der Waals surface area contributed by atoms with Crippen LogP contribution in [0.5, 0.6) is 11.5 Å². The third-order valence-electron chi connectivity index (χ3n) is 4.21. The van der Waals surface area contributed by atoms with Crippen molar-refractivity contribution in [1.82, 2.24) is 10.7 Å². The fraction of sp³-hybridized carbons (Fsp3) is 0.529. The van der Waals surface area contributed by atoms with Crippen LogP contribution in [0.3, 0.4) is 0 Å². The number of benzene rings is 1. The van der Waals surface area contributed by atoms with Crippen molar-refractivity contribution in [3.8, 4) is 11.5 Å². The number of hydrogen-bond donors (Lipinski definition) is 2. The van der Waals surface area contributed by atoms with Crippen molar-refractivity contribution in [3.63, 3.8) is 0 Å². The van der Waals surface area contributed by atoms with Crippen LogP contribution in [0, 0.1) is 5.92 Å². The van der Waals surface area contributed by atoms with Crippen LogP contribution < -0.4 is 20.2 Å². The third kappa shape index (κ3) is 6.12. The van der Waals surface area contributed by atoms with Crippen molar-refractivity contribution in [2.24, 2.45) is 11.0 Å². The zero-order chi connectivity index (χ0) is 18.2. The Balaban J connectivity index is 1.89. The summed E-state index contributed by atoms with van der Waals surface area (Å²) in [7, 11) is 1.39. The molecule has 2 N–H and O–H groups in total. The minimum Gasteiger partial charge on any atom is -0.493 e. The first-order valence-corrected chi connectivity index (χ1v) is 8.63. The molecule has 1 aromatic carbocycles. The molecule has 1 saturated carbocycles. The molecule has 0 radical (unpaired) electrons. The predicted octanol–water partition coefficient (Wildman–Crippen LogP) is 3.67. The van der Waals surface area contributed by atoms with E-state index in [9.17, 15) is 8.78 Å². The number of hydrazone groups is 1. The summed E-state index contributed by atoms with van der Waals surface area (Å²) in [6, 6.07) is 4.94.